The fourth-order valence-electron chi connectivity index (χ4n) is 3.60. The molecule has 1 aliphatic heterocycles. The van der Waals surface area contributed by atoms with Crippen LogP contribution in [0.25, 0.3) is 5.70 Å². The van der Waals surface area contributed by atoms with Gasteiger partial charge in [0.15, 0.2) is 0 Å². The van der Waals surface area contributed by atoms with Gasteiger partial charge in [-0.2, -0.15) is 0 Å². The third-order valence-electron chi connectivity index (χ3n) is 5.26. The molecule has 0 radical (unpaired) electrons. The van der Waals surface area contributed by atoms with Crippen LogP contribution in [0.15, 0.2) is 84.0 Å². The molecule has 4 rings (SSSR count). The topological polar surface area (TPSA) is 99.8 Å². The van der Waals surface area contributed by atoms with E-state index in [0.29, 0.717) is 6.42 Å². The van der Waals surface area contributed by atoms with E-state index < -0.39 is 17.4 Å². The van der Waals surface area contributed by atoms with E-state index in [1.165, 1.54) is 0 Å². The van der Waals surface area contributed by atoms with Crippen molar-refractivity contribution in [2.24, 2.45) is 4.99 Å². The summed E-state index contributed by atoms with van der Waals surface area (Å²) in [6, 6.07) is 19.0. The van der Waals surface area contributed by atoms with Gasteiger partial charge in [0.2, 0.25) is 0 Å². The predicted octanol–water partition coefficient (Wildman–Crippen LogP) is 4.28. The summed E-state index contributed by atoms with van der Waals surface area (Å²) in [5.41, 5.74) is 3.03. The van der Waals surface area contributed by atoms with Crippen LogP contribution in [0.1, 0.15) is 44.0 Å². The largest absolute Gasteiger partial charge is 0.478 e. The molecule has 2 heterocycles. The van der Waals surface area contributed by atoms with Crippen LogP contribution >= 0.6 is 0 Å². The molecular weight excluding hydrogens is 380 g/mol. The van der Waals surface area contributed by atoms with Crippen LogP contribution < -0.4 is 0 Å². The van der Waals surface area contributed by atoms with Gasteiger partial charge in [0, 0.05) is 12.4 Å². The first-order valence-electron chi connectivity index (χ1n) is 9.34. The summed E-state index contributed by atoms with van der Waals surface area (Å²) in [5, 5.41) is 18.4. The molecule has 0 saturated heterocycles. The molecule has 0 fully saturated rings. The Morgan fingerprint density at radius 1 is 0.800 bits per heavy atom. The third kappa shape index (κ3) is 3.51. The molecule has 0 atom stereocenters. The number of carboxylic acid groups (broad SMARTS) is 2. The van der Waals surface area contributed by atoms with Gasteiger partial charge in [-0.05, 0) is 53.9 Å². The molecule has 0 unspecified atom stereocenters. The molecule has 3 aromatic rings. The highest BCUT2D eigenvalue weighted by molar-refractivity contribution is 5.91. The minimum Gasteiger partial charge on any atom is -0.478 e. The first-order valence-corrected chi connectivity index (χ1v) is 9.34. The highest BCUT2D eigenvalue weighted by atomic mass is 16.4. The average molecular weight is 398 g/mol. The van der Waals surface area contributed by atoms with Crippen molar-refractivity contribution in [1.82, 2.24) is 4.98 Å². The molecule has 0 bridgehead atoms. The second-order valence-electron chi connectivity index (χ2n) is 7.00. The second kappa shape index (κ2) is 7.75. The van der Waals surface area contributed by atoms with Crippen molar-refractivity contribution in [3.8, 4) is 0 Å². The fourth-order valence-corrected chi connectivity index (χ4v) is 3.60. The van der Waals surface area contributed by atoms with Crippen molar-refractivity contribution in [2.75, 3.05) is 0 Å². The number of aliphatic imine (C=N–C) groups is 1. The van der Waals surface area contributed by atoms with Gasteiger partial charge < -0.3 is 10.2 Å². The Morgan fingerprint density at radius 3 is 1.77 bits per heavy atom. The van der Waals surface area contributed by atoms with Crippen molar-refractivity contribution in [3.63, 3.8) is 0 Å². The van der Waals surface area contributed by atoms with Crippen LogP contribution in [-0.2, 0) is 5.41 Å². The average Bonchev–Trinajstić information content (AvgIpc) is 2.80. The van der Waals surface area contributed by atoms with Crippen molar-refractivity contribution in [3.05, 3.63) is 107 Å². The Kier molecular flexibility index (Phi) is 4.98. The molecule has 0 amide bonds. The maximum atomic E-state index is 11.2. The van der Waals surface area contributed by atoms with Crippen molar-refractivity contribution >= 4 is 23.9 Å². The number of aromatic carboxylic acids is 2. The van der Waals surface area contributed by atoms with Gasteiger partial charge in [0.25, 0.3) is 0 Å². The van der Waals surface area contributed by atoms with Gasteiger partial charge >= 0.3 is 11.9 Å². The first kappa shape index (κ1) is 19.3. The van der Waals surface area contributed by atoms with E-state index >= 15 is 0 Å². The number of allylic oxidation sites excluding steroid dienone is 1. The lowest BCUT2D eigenvalue weighted by atomic mass is 9.71. The predicted molar refractivity (Wildman–Crippen MR) is 113 cm³/mol. The lowest BCUT2D eigenvalue weighted by molar-refractivity contribution is 0.0686. The molecule has 0 spiro atoms. The molecule has 0 saturated carbocycles. The van der Waals surface area contributed by atoms with E-state index in [4.69, 9.17) is 0 Å². The molecule has 6 heteroatoms. The van der Waals surface area contributed by atoms with E-state index in [2.05, 4.69) is 9.98 Å². The summed E-state index contributed by atoms with van der Waals surface area (Å²) in [6.07, 6.45) is 6.12. The SMILES string of the molecule is O=C(O)c1ccc(C2(c3ccc(C(=O)O)cc3)C=NC(c3ccccn3)=CC2)cc1. The highest BCUT2D eigenvalue weighted by Crippen LogP contribution is 2.39. The van der Waals surface area contributed by atoms with E-state index in [9.17, 15) is 19.8 Å². The summed E-state index contributed by atoms with van der Waals surface area (Å²) in [7, 11) is 0. The summed E-state index contributed by atoms with van der Waals surface area (Å²) < 4.78 is 0. The monoisotopic (exact) mass is 398 g/mol. The zero-order valence-electron chi connectivity index (χ0n) is 15.9. The van der Waals surface area contributed by atoms with E-state index in [1.54, 1.807) is 54.7 Å². The van der Waals surface area contributed by atoms with Crippen LogP contribution in [0, 0.1) is 0 Å². The Bertz CT molecular complexity index is 1090. The van der Waals surface area contributed by atoms with Crippen LogP contribution in [0.2, 0.25) is 0 Å². The number of benzene rings is 2. The molecule has 2 aromatic carbocycles. The van der Waals surface area contributed by atoms with E-state index in [0.717, 1.165) is 22.5 Å². The number of carboxylic acids is 2. The molecule has 1 aliphatic rings. The Hall–Kier alpha value is -4.06. The minimum atomic E-state index is -0.990. The zero-order chi connectivity index (χ0) is 21.1. The quantitative estimate of drug-likeness (QED) is 0.668. The van der Waals surface area contributed by atoms with Gasteiger partial charge in [-0.1, -0.05) is 36.4 Å². The van der Waals surface area contributed by atoms with Gasteiger partial charge in [0.05, 0.1) is 27.9 Å². The maximum absolute atomic E-state index is 11.2. The molecule has 6 nitrogen and oxygen atoms in total. The summed E-state index contributed by atoms with van der Waals surface area (Å²) in [6.45, 7) is 0. The number of hydrogen-bond acceptors (Lipinski definition) is 4. The second-order valence-corrected chi connectivity index (χ2v) is 7.00. The molecule has 0 aliphatic carbocycles. The van der Waals surface area contributed by atoms with Crippen molar-refractivity contribution < 1.29 is 19.8 Å². The zero-order valence-corrected chi connectivity index (χ0v) is 15.9. The lowest BCUT2D eigenvalue weighted by Crippen LogP contribution is -2.31. The Morgan fingerprint density at radius 2 is 1.37 bits per heavy atom. The minimum absolute atomic E-state index is 0.201. The summed E-state index contributed by atoms with van der Waals surface area (Å²) >= 11 is 0. The van der Waals surface area contributed by atoms with E-state index in [1.807, 2.05) is 30.5 Å². The molecule has 1 aromatic heterocycles. The summed E-state index contributed by atoms with van der Waals surface area (Å²) in [5.74, 6) is -1.98. The number of rotatable bonds is 5. The van der Waals surface area contributed by atoms with Crippen molar-refractivity contribution in [1.29, 1.82) is 0 Å². The molecule has 2 N–H and O–H groups in total. The molecular formula is C24H18N2O4. The third-order valence-corrected chi connectivity index (χ3v) is 5.26. The Labute approximate surface area is 172 Å². The number of carbonyl (C=O) groups is 2. The first-order chi connectivity index (χ1) is 14.5. The number of hydrogen-bond donors (Lipinski definition) is 2. The smallest absolute Gasteiger partial charge is 0.335 e. The molecule has 148 valence electrons. The van der Waals surface area contributed by atoms with Crippen LogP contribution in [0.5, 0.6) is 0 Å². The summed E-state index contributed by atoms with van der Waals surface area (Å²) in [4.78, 5) is 31.5. The molecule has 30 heavy (non-hydrogen) atoms. The van der Waals surface area contributed by atoms with Gasteiger partial charge in [-0.15, -0.1) is 0 Å². The van der Waals surface area contributed by atoms with Gasteiger partial charge in [-0.3, -0.25) is 9.98 Å². The number of nitrogens with zero attached hydrogens (tertiary/aromatic N) is 2. The maximum Gasteiger partial charge on any atom is 0.335 e. The van der Waals surface area contributed by atoms with Gasteiger partial charge in [-0.25, -0.2) is 9.59 Å². The van der Waals surface area contributed by atoms with Crippen molar-refractivity contribution in [2.45, 2.75) is 11.8 Å². The number of aromatic nitrogens is 1. The highest BCUT2D eigenvalue weighted by Gasteiger charge is 2.34. The Balaban J connectivity index is 1.78. The van der Waals surface area contributed by atoms with E-state index in [-0.39, 0.29) is 11.1 Å². The normalized spacial score (nSPS) is 14.7. The van der Waals surface area contributed by atoms with Crippen LogP contribution in [-0.4, -0.2) is 33.4 Å². The number of pyridine rings is 1. The van der Waals surface area contributed by atoms with Crippen LogP contribution in [0.3, 0.4) is 0 Å². The lowest BCUT2D eigenvalue weighted by Gasteiger charge is -2.33. The standard InChI is InChI=1S/C24H18N2O4/c27-22(28)16-4-8-18(9-5-16)24(19-10-6-17(7-11-19)23(29)30)13-12-21(26-15-24)20-3-1-2-14-25-20/h1-12,14-15H,13H2,(H,27,28)(H,29,30). The fraction of sp³-hybridized carbons (Fsp3) is 0.0833. The van der Waals surface area contributed by atoms with Gasteiger partial charge in [0.1, 0.15) is 0 Å². The van der Waals surface area contributed by atoms with Crippen LogP contribution in [0.4, 0.5) is 0 Å².